The van der Waals surface area contributed by atoms with Crippen LogP contribution in [-0.4, -0.2) is 37.5 Å². The van der Waals surface area contributed by atoms with Gasteiger partial charge in [0.25, 0.3) is 0 Å². The summed E-state index contributed by atoms with van der Waals surface area (Å²) in [6.07, 6.45) is 3.86. The van der Waals surface area contributed by atoms with E-state index in [-0.39, 0.29) is 11.8 Å². The molecule has 1 unspecified atom stereocenters. The van der Waals surface area contributed by atoms with E-state index in [4.69, 9.17) is 0 Å². The minimum absolute atomic E-state index is 0.0682. The summed E-state index contributed by atoms with van der Waals surface area (Å²) >= 11 is 0. The molecule has 1 amide bonds. The van der Waals surface area contributed by atoms with Crippen LogP contribution in [0.2, 0.25) is 0 Å². The van der Waals surface area contributed by atoms with Crippen LogP contribution in [0.3, 0.4) is 0 Å². The van der Waals surface area contributed by atoms with Crippen LogP contribution in [-0.2, 0) is 4.79 Å². The van der Waals surface area contributed by atoms with Crippen LogP contribution in [0.1, 0.15) is 26.7 Å². The summed E-state index contributed by atoms with van der Waals surface area (Å²) in [5.74, 6) is 0.290. The maximum absolute atomic E-state index is 11.8. The van der Waals surface area contributed by atoms with Gasteiger partial charge < -0.3 is 10.2 Å². The molecule has 0 aromatic carbocycles. The Labute approximate surface area is 93.5 Å². The molecule has 0 aromatic rings. The Bertz CT molecular complexity index is 192. The molecule has 0 radical (unpaired) electrons. The van der Waals surface area contributed by atoms with Gasteiger partial charge >= 0.3 is 0 Å². The fraction of sp³-hybridized carbons (Fsp3) is 0.750. The molecule has 0 heterocycles. The molecule has 0 saturated carbocycles. The van der Waals surface area contributed by atoms with E-state index >= 15 is 0 Å². The number of hydrogen-bond donors (Lipinski definition) is 1. The van der Waals surface area contributed by atoms with Crippen molar-refractivity contribution in [3.05, 3.63) is 12.7 Å². The van der Waals surface area contributed by atoms with Crippen molar-refractivity contribution < 1.29 is 4.79 Å². The number of hydrogen-bond acceptors (Lipinski definition) is 2. The third-order valence-corrected chi connectivity index (χ3v) is 2.40. The number of nitrogens with zero attached hydrogens (tertiary/aromatic N) is 1. The van der Waals surface area contributed by atoms with Crippen molar-refractivity contribution in [1.82, 2.24) is 10.2 Å². The summed E-state index contributed by atoms with van der Waals surface area (Å²) in [5.41, 5.74) is 0. The first kappa shape index (κ1) is 14.2. The first-order valence-electron chi connectivity index (χ1n) is 5.70. The summed E-state index contributed by atoms with van der Waals surface area (Å²) in [7, 11) is 1.87. The number of amides is 1. The number of allylic oxidation sites excluding steroid dienone is 1. The van der Waals surface area contributed by atoms with Gasteiger partial charge in [-0.1, -0.05) is 19.9 Å². The van der Waals surface area contributed by atoms with Gasteiger partial charge in [-0.3, -0.25) is 4.79 Å². The van der Waals surface area contributed by atoms with Crippen LogP contribution in [0.25, 0.3) is 0 Å². The van der Waals surface area contributed by atoms with Gasteiger partial charge in [-0.15, -0.1) is 6.58 Å². The smallest absolute Gasteiger partial charge is 0.226 e. The second-order valence-corrected chi connectivity index (χ2v) is 3.90. The Morgan fingerprint density at radius 1 is 1.60 bits per heavy atom. The highest BCUT2D eigenvalue weighted by Gasteiger charge is 2.15. The van der Waals surface area contributed by atoms with Crippen molar-refractivity contribution in [1.29, 1.82) is 0 Å². The molecule has 0 aliphatic carbocycles. The Morgan fingerprint density at radius 3 is 2.80 bits per heavy atom. The van der Waals surface area contributed by atoms with Crippen molar-refractivity contribution in [2.75, 3.05) is 26.7 Å². The Balaban J connectivity index is 3.79. The van der Waals surface area contributed by atoms with Gasteiger partial charge in [0.2, 0.25) is 5.91 Å². The average Bonchev–Trinajstić information content (AvgIpc) is 2.24. The summed E-state index contributed by atoms with van der Waals surface area (Å²) in [5, 5.41) is 3.19. The standard InChI is InChI=1S/C12H24N2O/c1-5-7-8-9-14(4)12(15)11(3)10-13-6-2/h5,11,13H,1,6-10H2,2-4H3. The minimum Gasteiger partial charge on any atom is -0.345 e. The van der Waals surface area contributed by atoms with Crippen molar-refractivity contribution in [3.8, 4) is 0 Å². The molecular weight excluding hydrogens is 188 g/mol. The summed E-state index contributed by atoms with van der Waals surface area (Å²) in [4.78, 5) is 13.6. The van der Waals surface area contributed by atoms with E-state index in [1.165, 1.54) is 0 Å². The van der Waals surface area contributed by atoms with Crippen LogP contribution in [0, 0.1) is 5.92 Å². The van der Waals surface area contributed by atoms with Crippen LogP contribution in [0.5, 0.6) is 0 Å². The second kappa shape index (κ2) is 8.48. The molecule has 1 atom stereocenters. The lowest BCUT2D eigenvalue weighted by Crippen LogP contribution is -2.37. The van der Waals surface area contributed by atoms with E-state index in [2.05, 4.69) is 11.9 Å². The predicted octanol–water partition coefficient (Wildman–Crippen LogP) is 1.66. The monoisotopic (exact) mass is 212 g/mol. The van der Waals surface area contributed by atoms with E-state index in [0.29, 0.717) is 0 Å². The van der Waals surface area contributed by atoms with Crippen molar-refractivity contribution in [3.63, 3.8) is 0 Å². The van der Waals surface area contributed by atoms with Gasteiger partial charge in [-0.05, 0) is 19.4 Å². The SMILES string of the molecule is C=CCCCN(C)C(=O)C(C)CNCC. The lowest BCUT2D eigenvalue weighted by Gasteiger charge is -2.21. The number of unbranched alkanes of at least 4 members (excludes halogenated alkanes) is 1. The lowest BCUT2D eigenvalue weighted by molar-refractivity contribution is -0.133. The average molecular weight is 212 g/mol. The topological polar surface area (TPSA) is 32.3 Å². The highest BCUT2D eigenvalue weighted by atomic mass is 16.2. The number of carbonyl (C=O) groups is 1. The first-order valence-corrected chi connectivity index (χ1v) is 5.70. The maximum Gasteiger partial charge on any atom is 0.226 e. The van der Waals surface area contributed by atoms with Gasteiger partial charge in [0.15, 0.2) is 0 Å². The normalized spacial score (nSPS) is 12.2. The predicted molar refractivity (Wildman–Crippen MR) is 64.8 cm³/mol. The van der Waals surface area contributed by atoms with Crippen molar-refractivity contribution in [2.45, 2.75) is 26.7 Å². The zero-order valence-electron chi connectivity index (χ0n) is 10.3. The molecule has 0 aromatic heterocycles. The highest BCUT2D eigenvalue weighted by Crippen LogP contribution is 2.01. The Kier molecular flexibility index (Phi) is 8.01. The molecular formula is C12H24N2O. The van der Waals surface area contributed by atoms with Crippen LogP contribution >= 0.6 is 0 Å². The van der Waals surface area contributed by atoms with E-state index < -0.39 is 0 Å². The largest absolute Gasteiger partial charge is 0.345 e. The van der Waals surface area contributed by atoms with E-state index in [1.54, 1.807) is 0 Å². The van der Waals surface area contributed by atoms with Crippen molar-refractivity contribution >= 4 is 5.91 Å². The molecule has 0 fully saturated rings. The van der Waals surface area contributed by atoms with Crippen LogP contribution in [0.4, 0.5) is 0 Å². The third kappa shape index (κ3) is 6.28. The zero-order valence-corrected chi connectivity index (χ0v) is 10.3. The number of rotatable bonds is 8. The quantitative estimate of drug-likeness (QED) is 0.490. The van der Waals surface area contributed by atoms with Gasteiger partial charge in [-0.2, -0.15) is 0 Å². The third-order valence-electron chi connectivity index (χ3n) is 2.40. The van der Waals surface area contributed by atoms with Gasteiger partial charge in [0.05, 0.1) is 0 Å². The Morgan fingerprint density at radius 2 is 2.27 bits per heavy atom. The van der Waals surface area contributed by atoms with E-state index in [0.717, 1.165) is 32.5 Å². The van der Waals surface area contributed by atoms with Gasteiger partial charge in [0, 0.05) is 26.1 Å². The Hall–Kier alpha value is -0.830. The molecule has 3 heteroatoms. The molecule has 0 bridgehead atoms. The van der Waals surface area contributed by atoms with Crippen LogP contribution < -0.4 is 5.32 Å². The lowest BCUT2D eigenvalue weighted by atomic mass is 10.1. The maximum atomic E-state index is 11.8. The fourth-order valence-electron chi connectivity index (χ4n) is 1.41. The van der Waals surface area contributed by atoms with Crippen molar-refractivity contribution in [2.24, 2.45) is 5.92 Å². The molecule has 3 nitrogen and oxygen atoms in total. The molecule has 0 rings (SSSR count). The number of carbonyl (C=O) groups excluding carboxylic acids is 1. The molecule has 0 aliphatic heterocycles. The van der Waals surface area contributed by atoms with Gasteiger partial charge in [0.1, 0.15) is 0 Å². The molecule has 1 N–H and O–H groups in total. The molecule has 0 aliphatic rings. The molecule has 0 spiro atoms. The van der Waals surface area contributed by atoms with E-state index in [1.807, 2.05) is 31.9 Å². The fourth-order valence-corrected chi connectivity index (χ4v) is 1.41. The van der Waals surface area contributed by atoms with Crippen LogP contribution in [0.15, 0.2) is 12.7 Å². The second-order valence-electron chi connectivity index (χ2n) is 3.90. The summed E-state index contributed by atoms with van der Waals surface area (Å²) in [6, 6.07) is 0. The molecule has 15 heavy (non-hydrogen) atoms. The summed E-state index contributed by atoms with van der Waals surface area (Å²) < 4.78 is 0. The molecule has 88 valence electrons. The molecule has 0 saturated heterocycles. The minimum atomic E-state index is 0.0682. The first-order chi connectivity index (χ1) is 7.13. The zero-order chi connectivity index (χ0) is 11.7. The number of nitrogens with one attached hydrogen (secondary N) is 1. The van der Waals surface area contributed by atoms with Gasteiger partial charge in [-0.25, -0.2) is 0 Å². The highest BCUT2D eigenvalue weighted by molar-refractivity contribution is 5.78. The van der Waals surface area contributed by atoms with E-state index in [9.17, 15) is 4.79 Å². The summed E-state index contributed by atoms with van der Waals surface area (Å²) in [6.45, 7) is 10.2.